The third-order valence-electron chi connectivity index (χ3n) is 8.02. The number of aromatic nitrogens is 1. The molecule has 0 saturated heterocycles. The third kappa shape index (κ3) is 4.49. The molecule has 5 heteroatoms. The van der Waals surface area contributed by atoms with Crippen LogP contribution in [0.5, 0.6) is 23.0 Å². The topological polar surface area (TPSA) is 40.8 Å². The van der Waals surface area contributed by atoms with Crippen LogP contribution < -0.4 is 23.5 Å². The van der Waals surface area contributed by atoms with Crippen molar-refractivity contribution in [2.45, 2.75) is 90.5 Å². The minimum Gasteiger partial charge on any atom is -0.454 e. The van der Waals surface area contributed by atoms with Gasteiger partial charge in [-0.2, -0.15) is 4.57 Å². The van der Waals surface area contributed by atoms with Crippen LogP contribution in [0, 0.1) is 0 Å². The van der Waals surface area contributed by atoms with E-state index in [9.17, 15) is 0 Å². The van der Waals surface area contributed by atoms with Gasteiger partial charge in [0.25, 0.3) is 0 Å². The van der Waals surface area contributed by atoms with Gasteiger partial charge in [0.1, 0.15) is 0 Å². The average Bonchev–Trinajstić information content (AvgIpc) is 3.57. The fourth-order valence-corrected chi connectivity index (χ4v) is 6.09. The first-order valence-corrected chi connectivity index (χ1v) is 14.0. The molecule has 5 nitrogen and oxygen atoms in total. The summed E-state index contributed by atoms with van der Waals surface area (Å²) in [4.78, 5) is 0. The Morgan fingerprint density at radius 3 is 2.22 bits per heavy atom. The summed E-state index contributed by atoms with van der Waals surface area (Å²) >= 11 is 0. The summed E-state index contributed by atoms with van der Waals surface area (Å²) in [6.45, 7) is 3.87. The average molecular weight is 489 g/mol. The Balaban J connectivity index is 1.24. The van der Waals surface area contributed by atoms with E-state index < -0.39 is 0 Å². The van der Waals surface area contributed by atoms with Crippen molar-refractivity contribution in [2.75, 3.05) is 13.6 Å². The van der Waals surface area contributed by atoms with Crippen LogP contribution in [0.2, 0.25) is 0 Å². The number of benzene rings is 2. The number of pyridine rings is 1. The Kier molecular flexibility index (Phi) is 6.89. The number of hydrogen-bond donors (Lipinski definition) is 0. The predicted octanol–water partition coefficient (Wildman–Crippen LogP) is 7.27. The van der Waals surface area contributed by atoms with E-state index in [1.807, 2.05) is 0 Å². The maximum atomic E-state index is 6.00. The summed E-state index contributed by atoms with van der Waals surface area (Å²) in [6, 6.07) is 10.9. The van der Waals surface area contributed by atoms with Crippen LogP contribution in [0.3, 0.4) is 0 Å². The van der Waals surface area contributed by atoms with Gasteiger partial charge < -0.3 is 18.9 Å². The molecule has 36 heavy (non-hydrogen) atoms. The second kappa shape index (κ2) is 10.6. The van der Waals surface area contributed by atoms with Crippen LogP contribution in [0.4, 0.5) is 0 Å². The van der Waals surface area contributed by atoms with Gasteiger partial charge in [0.05, 0.1) is 10.9 Å². The molecule has 1 aromatic heterocycles. The number of ether oxygens (including phenoxy) is 4. The van der Waals surface area contributed by atoms with Gasteiger partial charge in [0.15, 0.2) is 35.2 Å². The molecule has 0 radical (unpaired) electrons. The van der Waals surface area contributed by atoms with Gasteiger partial charge in [-0.15, -0.1) is 0 Å². The lowest BCUT2D eigenvalue weighted by Crippen LogP contribution is -2.44. The normalized spacial score (nSPS) is 14.8. The van der Waals surface area contributed by atoms with Crippen LogP contribution in [0.1, 0.15) is 82.4 Å². The number of rotatable bonds is 11. The highest BCUT2D eigenvalue weighted by Crippen LogP contribution is 2.44. The van der Waals surface area contributed by atoms with Gasteiger partial charge >= 0.3 is 0 Å². The first-order chi connectivity index (χ1) is 17.8. The van der Waals surface area contributed by atoms with Crippen molar-refractivity contribution < 1.29 is 23.5 Å². The molecule has 0 aliphatic carbocycles. The first kappa shape index (κ1) is 23.4. The molecule has 190 valence electrons. The lowest BCUT2D eigenvalue weighted by Gasteiger charge is -2.19. The molecule has 0 bridgehead atoms. The quantitative estimate of drug-likeness (QED) is 0.210. The van der Waals surface area contributed by atoms with E-state index in [1.165, 1.54) is 97.5 Å². The van der Waals surface area contributed by atoms with E-state index in [-0.39, 0.29) is 0 Å². The van der Waals surface area contributed by atoms with Crippen LogP contribution in [0.25, 0.3) is 22.0 Å². The summed E-state index contributed by atoms with van der Waals surface area (Å²) < 4.78 is 25.7. The number of nitrogens with zero attached hydrogens (tertiary/aromatic N) is 1. The zero-order valence-corrected chi connectivity index (χ0v) is 21.6. The van der Waals surface area contributed by atoms with Gasteiger partial charge in [-0.05, 0) is 41.6 Å². The minimum absolute atomic E-state index is 0.306. The smallest absolute Gasteiger partial charge is 0.231 e. The molecule has 6 rings (SSSR count). The van der Waals surface area contributed by atoms with Gasteiger partial charge in [-0.3, -0.25) is 0 Å². The Morgan fingerprint density at radius 2 is 1.42 bits per heavy atom. The van der Waals surface area contributed by atoms with Crippen LogP contribution in [-0.4, -0.2) is 13.6 Å². The second-order valence-corrected chi connectivity index (χ2v) is 10.4. The molecule has 0 atom stereocenters. The van der Waals surface area contributed by atoms with Crippen molar-refractivity contribution >= 4 is 10.8 Å². The lowest BCUT2D eigenvalue weighted by molar-refractivity contribution is -0.693. The minimum atomic E-state index is 0.306. The lowest BCUT2D eigenvalue weighted by atomic mass is 9.92. The van der Waals surface area contributed by atoms with E-state index >= 15 is 0 Å². The van der Waals surface area contributed by atoms with Crippen molar-refractivity contribution in [1.29, 1.82) is 0 Å². The van der Waals surface area contributed by atoms with E-state index in [0.29, 0.717) is 13.6 Å². The van der Waals surface area contributed by atoms with E-state index in [4.69, 9.17) is 18.9 Å². The van der Waals surface area contributed by atoms with Gasteiger partial charge in [0, 0.05) is 18.9 Å². The van der Waals surface area contributed by atoms with Crippen LogP contribution in [-0.2, 0) is 19.4 Å². The first-order valence-electron chi connectivity index (χ1n) is 14.0. The molecule has 0 saturated carbocycles. The van der Waals surface area contributed by atoms with Gasteiger partial charge in [-0.25, -0.2) is 0 Å². The van der Waals surface area contributed by atoms with E-state index in [1.54, 1.807) is 0 Å². The molecule has 0 amide bonds. The standard InChI is InChI=1S/C31H38NO4/c1-2-3-4-5-6-7-8-9-10-11-12-25-30-23(13-14-27-31(30)36-21-33-27)17-26-24-19-29-28(34-20-35-29)18-22(24)15-16-32(25)26/h13-14,17-19H,2-12,15-16,20-21H2,1H3/q+1. The van der Waals surface area contributed by atoms with Gasteiger partial charge in [-0.1, -0.05) is 64.7 Å². The fraction of sp³-hybridized carbons (Fsp3) is 0.516. The summed E-state index contributed by atoms with van der Waals surface area (Å²) in [5.41, 5.74) is 5.24. The molecule has 3 aromatic rings. The predicted molar refractivity (Wildman–Crippen MR) is 141 cm³/mol. The molecule has 3 aliphatic rings. The highest BCUT2D eigenvalue weighted by Gasteiger charge is 2.33. The number of fused-ring (bicyclic) bond motifs is 7. The van der Waals surface area contributed by atoms with Crippen molar-refractivity contribution in [1.82, 2.24) is 0 Å². The Hall–Kier alpha value is -2.95. The molecular weight excluding hydrogens is 450 g/mol. The second-order valence-electron chi connectivity index (χ2n) is 10.4. The largest absolute Gasteiger partial charge is 0.454 e. The summed E-state index contributed by atoms with van der Waals surface area (Å²) in [5.74, 6) is 3.51. The zero-order chi connectivity index (χ0) is 24.3. The van der Waals surface area contributed by atoms with Crippen molar-refractivity contribution in [2.24, 2.45) is 0 Å². The van der Waals surface area contributed by atoms with Crippen molar-refractivity contribution in [3.05, 3.63) is 41.6 Å². The number of hydrogen-bond acceptors (Lipinski definition) is 4. The SMILES string of the molecule is CCCCCCCCCCCCc1c2c3c(ccc2cc2[n+]1CCc1cc4c(cc1-2)OCO4)OCO3. The summed E-state index contributed by atoms with van der Waals surface area (Å²) in [7, 11) is 0. The number of aryl methyl sites for hydroxylation is 2. The highest BCUT2D eigenvalue weighted by atomic mass is 16.7. The maximum Gasteiger partial charge on any atom is 0.231 e. The Labute approximate surface area is 214 Å². The molecule has 4 heterocycles. The third-order valence-corrected chi connectivity index (χ3v) is 8.02. The molecule has 0 N–H and O–H groups in total. The molecule has 3 aliphatic heterocycles. The monoisotopic (exact) mass is 488 g/mol. The zero-order valence-electron chi connectivity index (χ0n) is 21.6. The van der Waals surface area contributed by atoms with E-state index in [0.717, 1.165) is 42.4 Å². The molecule has 2 aromatic carbocycles. The maximum absolute atomic E-state index is 6.00. The fourth-order valence-electron chi connectivity index (χ4n) is 6.09. The Bertz CT molecular complexity index is 1250. The van der Waals surface area contributed by atoms with Crippen LogP contribution >= 0.6 is 0 Å². The highest BCUT2D eigenvalue weighted by molar-refractivity contribution is 5.94. The molecule has 0 spiro atoms. The molecule has 0 unspecified atom stereocenters. The summed E-state index contributed by atoms with van der Waals surface area (Å²) in [5, 5.41) is 2.45. The number of unbranched alkanes of at least 4 members (excludes halogenated alkanes) is 9. The van der Waals surface area contributed by atoms with Gasteiger partial charge in [0.2, 0.25) is 19.3 Å². The Morgan fingerprint density at radius 1 is 0.722 bits per heavy atom. The van der Waals surface area contributed by atoms with E-state index in [2.05, 4.69) is 41.8 Å². The van der Waals surface area contributed by atoms with Crippen LogP contribution in [0.15, 0.2) is 30.3 Å². The van der Waals surface area contributed by atoms with Crippen molar-refractivity contribution in [3.8, 4) is 34.3 Å². The molecule has 0 fully saturated rings. The molecular formula is C31H38NO4+. The van der Waals surface area contributed by atoms with Crippen molar-refractivity contribution in [3.63, 3.8) is 0 Å². The summed E-state index contributed by atoms with van der Waals surface area (Å²) in [6.07, 6.45) is 15.5.